The van der Waals surface area contributed by atoms with Gasteiger partial charge >= 0.3 is 0 Å². The Morgan fingerprint density at radius 3 is 2.82 bits per heavy atom. The minimum atomic E-state index is 0.657. The van der Waals surface area contributed by atoms with Gasteiger partial charge in [-0.1, -0.05) is 13.8 Å². The van der Waals surface area contributed by atoms with Gasteiger partial charge in [0.05, 0.1) is 11.3 Å². The van der Waals surface area contributed by atoms with Crippen molar-refractivity contribution in [1.82, 2.24) is 0 Å². The summed E-state index contributed by atoms with van der Waals surface area (Å²) in [4.78, 5) is 2.31. The summed E-state index contributed by atoms with van der Waals surface area (Å²) in [6.45, 7) is 6.63. The smallest absolute Gasteiger partial charge is 0.101 e. The molecule has 1 saturated heterocycles. The Morgan fingerprint density at radius 2 is 2.24 bits per heavy atom. The number of nitriles is 1. The van der Waals surface area contributed by atoms with Crippen LogP contribution in [0.25, 0.3) is 0 Å². The zero-order chi connectivity index (χ0) is 12.4. The summed E-state index contributed by atoms with van der Waals surface area (Å²) in [5, 5.41) is 9.15. The number of nitrogen functional groups attached to an aromatic ring is 1. The van der Waals surface area contributed by atoms with Crippen LogP contribution in [0.15, 0.2) is 18.2 Å². The molecule has 0 bridgehead atoms. The lowest BCUT2D eigenvalue weighted by atomic mass is 9.95. The van der Waals surface area contributed by atoms with E-state index in [2.05, 4.69) is 24.8 Å². The molecule has 90 valence electrons. The minimum absolute atomic E-state index is 0.657. The van der Waals surface area contributed by atoms with Gasteiger partial charge in [-0.25, -0.2) is 0 Å². The Morgan fingerprint density at radius 1 is 1.47 bits per heavy atom. The van der Waals surface area contributed by atoms with E-state index in [0.717, 1.165) is 24.7 Å². The summed E-state index contributed by atoms with van der Waals surface area (Å²) in [6.07, 6.45) is 1.22. The van der Waals surface area contributed by atoms with Gasteiger partial charge in [-0.05, 0) is 36.5 Å². The van der Waals surface area contributed by atoms with Crippen LogP contribution in [0.5, 0.6) is 0 Å². The highest BCUT2D eigenvalue weighted by molar-refractivity contribution is 5.64. The third-order valence-corrected chi connectivity index (χ3v) is 3.65. The van der Waals surface area contributed by atoms with Crippen molar-refractivity contribution in [3.05, 3.63) is 23.8 Å². The summed E-state index contributed by atoms with van der Waals surface area (Å²) in [5.41, 5.74) is 8.09. The average molecular weight is 229 g/mol. The van der Waals surface area contributed by atoms with Crippen molar-refractivity contribution < 1.29 is 0 Å². The fourth-order valence-corrected chi connectivity index (χ4v) is 2.47. The molecule has 0 aromatic heterocycles. The van der Waals surface area contributed by atoms with Crippen molar-refractivity contribution in [3.8, 4) is 6.07 Å². The van der Waals surface area contributed by atoms with Crippen LogP contribution in [0.1, 0.15) is 25.8 Å². The molecule has 1 atom stereocenters. The number of anilines is 2. The minimum Gasteiger partial charge on any atom is -0.399 e. The SMILES string of the molecule is CC(C)C1CCN(c2ccc(N)cc2C#N)C1. The van der Waals surface area contributed by atoms with E-state index < -0.39 is 0 Å². The van der Waals surface area contributed by atoms with Crippen LogP contribution < -0.4 is 10.6 Å². The Hall–Kier alpha value is -1.69. The van der Waals surface area contributed by atoms with E-state index in [-0.39, 0.29) is 0 Å². The normalized spacial score (nSPS) is 19.6. The maximum atomic E-state index is 9.15. The molecule has 2 rings (SSSR count). The van der Waals surface area contributed by atoms with Gasteiger partial charge in [0.1, 0.15) is 6.07 Å². The van der Waals surface area contributed by atoms with Gasteiger partial charge in [-0.15, -0.1) is 0 Å². The number of nitrogens with zero attached hydrogens (tertiary/aromatic N) is 2. The van der Waals surface area contributed by atoms with Crippen LogP contribution in [-0.4, -0.2) is 13.1 Å². The molecule has 1 aromatic carbocycles. The van der Waals surface area contributed by atoms with E-state index in [1.54, 1.807) is 6.07 Å². The van der Waals surface area contributed by atoms with E-state index in [1.165, 1.54) is 6.42 Å². The second-order valence-electron chi connectivity index (χ2n) is 5.13. The van der Waals surface area contributed by atoms with E-state index in [4.69, 9.17) is 11.0 Å². The van der Waals surface area contributed by atoms with Crippen molar-refractivity contribution in [3.63, 3.8) is 0 Å². The molecule has 3 heteroatoms. The molecule has 0 radical (unpaired) electrons. The van der Waals surface area contributed by atoms with Crippen molar-refractivity contribution >= 4 is 11.4 Å². The molecule has 0 aliphatic carbocycles. The van der Waals surface area contributed by atoms with Crippen LogP contribution in [0, 0.1) is 23.2 Å². The summed E-state index contributed by atoms with van der Waals surface area (Å²) in [6, 6.07) is 7.84. The molecule has 3 nitrogen and oxygen atoms in total. The molecule has 0 amide bonds. The van der Waals surface area contributed by atoms with Gasteiger partial charge in [0.15, 0.2) is 0 Å². The zero-order valence-corrected chi connectivity index (χ0v) is 10.5. The summed E-state index contributed by atoms with van der Waals surface area (Å²) < 4.78 is 0. The van der Waals surface area contributed by atoms with E-state index in [0.29, 0.717) is 17.2 Å². The zero-order valence-electron chi connectivity index (χ0n) is 10.5. The molecular weight excluding hydrogens is 210 g/mol. The largest absolute Gasteiger partial charge is 0.399 e. The fraction of sp³-hybridized carbons (Fsp3) is 0.500. The lowest BCUT2D eigenvalue weighted by Gasteiger charge is -2.21. The molecule has 1 aliphatic heterocycles. The maximum Gasteiger partial charge on any atom is 0.101 e. The fourth-order valence-electron chi connectivity index (χ4n) is 2.47. The van der Waals surface area contributed by atoms with Gasteiger partial charge in [0.25, 0.3) is 0 Å². The predicted molar refractivity (Wildman–Crippen MR) is 70.7 cm³/mol. The van der Waals surface area contributed by atoms with Gasteiger partial charge in [0.2, 0.25) is 0 Å². The number of hydrogen-bond acceptors (Lipinski definition) is 3. The molecule has 1 aromatic rings. The second-order valence-corrected chi connectivity index (χ2v) is 5.13. The van der Waals surface area contributed by atoms with Crippen LogP contribution in [0.4, 0.5) is 11.4 Å². The molecule has 1 aliphatic rings. The number of nitrogens with two attached hydrogens (primary N) is 1. The van der Waals surface area contributed by atoms with E-state index >= 15 is 0 Å². The quantitative estimate of drug-likeness (QED) is 0.793. The first-order valence-corrected chi connectivity index (χ1v) is 6.16. The topological polar surface area (TPSA) is 53.0 Å². The number of benzene rings is 1. The third-order valence-electron chi connectivity index (χ3n) is 3.65. The maximum absolute atomic E-state index is 9.15. The lowest BCUT2D eigenvalue weighted by Crippen LogP contribution is -2.22. The number of rotatable bonds is 2. The standard InChI is InChI=1S/C14H19N3/c1-10(2)11-5-6-17(9-11)14-4-3-13(16)7-12(14)8-15/h3-4,7,10-11H,5-6,9,16H2,1-2H3. The Bertz CT molecular complexity index is 445. The first-order chi connectivity index (χ1) is 8.11. The van der Waals surface area contributed by atoms with Gasteiger partial charge in [-0.3, -0.25) is 0 Å². The first-order valence-electron chi connectivity index (χ1n) is 6.16. The van der Waals surface area contributed by atoms with Crippen molar-refractivity contribution in [1.29, 1.82) is 5.26 Å². The predicted octanol–water partition coefficient (Wildman–Crippen LogP) is 2.62. The molecular formula is C14H19N3. The monoisotopic (exact) mass is 229 g/mol. The van der Waals surface area contributed by atoms with Crippen LogP contribution in [-0.2, 0) is 0 Å². The highest BCUT2D eigenvalue weighted by Crippen LogP contribution is 2.30. The molecule has 1 fully saturated rings. The molecule has 1 unspecified atom stereocenters. The summed E-state index contributed by atoms with van der Waals surface area (Å²) in [7, 11) is 0. The third kappa shape index (κ3) is 2.36. The van der Waals surface area contributed by atoms with Crippen molar-refractivity contribution in [2.75, 3.05) is 23.7 Å². The molecule has 17 heavy (non-hydrogen) atoms. The average Bonchev–Trinajstić information content (AvgIpc) is 2.78. The second kappa shape index (κ2) is 4.67. The van der Waals surface area contributed by atoms with Crippen molar-refractivity contribution in [2.45, 2.75) is 20.3 Å². The highest BCUT2D eigenvalue weighted by atomic mass is 15.2. The van der Waals surface area contributed by atoms with Crippen LogP contribution in [0.3, 0.4) is 0 Å². The van der Waals surface area contributed by atoms with E-state index in [1.807, 2.05) is 12.1 Å². The Balaban J connectivity index is 2.22. The van der Waals surface area contributed by atoms with Crippen LogP contribution in [0.2, 0.25) is 0 Å². The summed E-state index contributed by atoms with van der Waals surface area (Å²) in [5.74, 6) is 1.44. The Labute approximate surface area is 103 Å². The molecule has 0 spiro atoms. The van der Waals surface area contributed by atoms with Gasteiger partial charge < -0.3 is 10.6 Å². The number of hydrogen-bond donors (Lipinski definition) is 1. The molecule has 1 heterocycles. The van der Waals surface area contributed by atoms with Crippen LogP contribution >= 0.6 is 0 Å². The van der Waals surface area contributed by atoms with E-state index in [9.17, 15) is 0 Å². The molecule has 0 saturated carbocycles. The van der Waals surface area contributed by atoms with Gasteiger partial charge in [0, 0.05) is 18.8 Å². The highest BCUT2D eigenvalue weighted by Gasteiger charge is 2.26. The van der Waals surface area contributed by atoms with Gasteiger partial charge in [-0.2, -0.15) is 5.26 Å². The Kier molecular flexibility index (Phi) is 3.23. The lowest BCUT2D eigenvalue weighted by molar-refractivity contribution is 0.423. The first kappa shape index (κ1) is 11.8. The molecule has 2 N–H and O–H groups in total. The summed E-state index contributed by atoms with van der Waals surface area (Å²) >= 11 is 0. The van der Waals surface area contributed by atoms with Crippen molar-refractivity contribution in [2.24, 2.45) is 11.8 Å².